The first-order valence-electron chi connectivity index (χ1n) is 5.67. The number of hydrogen-bond acceptors (Lipinski definition) is 5. The van der Waals surface area contributed by atoms with Gasteiger partial charge in [0.15, 0.2) is 0 Å². The van der Waals surface area contributed by atoms with Crippen molar-refractivity contribution in [2.45, 2.75) is 6.92 Å². The lowest BCUT2D eigenvalue weighted by atomic mass is 10.0. The second-order valence-electron chi connectivity index (χ2n) is 4.09. The first kappa shape index (κ1) is 14.0. The summed E-state index contributed by atoms with van der Waals surface area (Å²) in [4.78, 5) is 20.2. The van der Waals surface area contributed by atoms with E-state index in [4.69, 9.17) is 5.73 Å². The van der Waals surface area contributed by atoms with Gasteiger partial charge in [0.1, 0.15) is 11.5 Å². The number of hydrogen-bond donors (Lipinski definition) is 1. The molecule has 0 aliphatic heterocycles. The number of carbonyl (C=O) groups is 1. The average Bonchev–Trinajstić information content (AvgIpc) is 2.43. The summed E-state index contributed by atoms with van der Waals surface area (Å²) < 4.78 is 13.5. The minimum Gasteiger partial charge on any atom is -0.396 e. The Balaban J connectivity index is 2.63. The van der Waals surface area contributed by atoms with Gasteiger partial charge in [-0.2, -0.15) is 4.99 Å². The number of isothiocyanates is 1. The normalized spacial score (nSPS) is 9.90. The summed E-state index contributed by atoms with van der Waals surface area (Å²) in [6.07, 6.45) is 1.51. The van der Waals surface area contributed by atoms with Crippen molar-refractivity contribution in [2.75, 3.05) is 5.73 Å². The van der Waals surface area contributed by atoms with Crippen LogP contribution in [0, 0.1) is 12.7 Å². The molecule has 2 rings (SSSR count). The van der Waals surface area contributed by atoms with Crippen LogP contribution in [-0.4, -0.2) is 15.9 Å². The Morgan fingerprint density at radius 1 is 1.50 bits per heavy atom. The van der Waals surface area contributed by atoms with Crippen molar-refractivity contribution < 1.29 is 9.18 Å². The quantitative estimate of drug-likeness (QED) is 0.408. The fourth-order valence-corrected chi connectivity index (χ4v) is 1.85. The topological polar surface area (TPSA) is 68.3 Å². The number of aryl methyl sites for hydroxylation is 1. The molecule has 0 amide bonds. The summed E-state index contributed by atoms with van der Waals surface area (Å²) in [7, 11) is 0. The highest BCUT2D eigenvalue weighted by atomic mass is 32.1. The maximum absolute atomic E-state index is 13.5. The predicted molar refractivity (Wildman–Crippen MR) is 77.9 cm³/mol. The maximum Gasteiger partial charge on any atom is 0.213 e. The number of benzene rings is 1. The Kier molecular flexibility index (Phi) is 3.98. The summed E-state index contributed by atoms with van der Waals surface area (Å²) in [5.74, 6) is -1.05. The second-order valence-corrected chi connectivity index (χ2v) is 4.27. The number of halogens is 1. The van der Waals surface area contributed by atoms with Crippen LogP contribution in [-0.2, 0) is 0 Å². The third kappa shape index (κ3) is 2.61. The van der Waals surface area contributed by atoms with Crippen LogP contribution >= 0.6 is 12.2 Å². The van der Waals surface area contributed by atoms with E-state index in [1.807, 2.05) is 0 Å². The minimum absolute atomic E-state index is 0.0850. The molecule has 1 aromatic heterocycles. The standard InChI is InChI=1S/C14H10FN3OS/c1-8-3-2-4-17-13(8)14(19)9-5-11(16)10(15)6-12(9)18-7-20/h2-6H,16H2,1H3. The van der Waals surface area contributed by atoms with Crippen LogP contribution in [0.15, 0.2) is 35.5 Å². The molecule has 20 heavy (non-hydrogen) atoms. The van der Waals surface area contributed by atoms with Crippen molar-refractivity contribution in [2.24, 2.45) is 4.99 Å². The first-order valence-corrected chi connectivity index (χ1v) is 6.08. The third-order valence-corrected chi connectivity index (χ3v) is 2.84. The average molecular weight is 287 g/mol. The lowest BCUT2D eigenvalue weighted by molar-refractivity contribution is 0.103. The van der Waals surface area contributed by atoms with E-state index in [0.29, 0.717) is 5.56 Å². The van der Waals surface area contributed by atoms with Gasteiger partial charge in [-0.05, 0) is 36.8 Å². The molecule has 2 N–H and O–H groups in total. The van der Waals surface area contributed by atoms with Gasteiger partial charge in [0.25, 0.3) is 0 Å². The molecule has 0 atom stereocenters. The second kappa shape index (κ2) is 5.69. The van der Waals surface area contributed by atoms with Gasteiger partial charge in [0.05, 0.1) is 22.1 Å². The molecule has 4 nitrogen and oxygen atoms in total. The van der Waals surface area contributed by atoms with Gasteiger partial charge in [-0.15, -0.1) is 0 Å². The smallest absolute Gasteiger partial charge is 0.213 e. The van der Waals surface area contributed by atoms with Gasteiger partial charge in [0.2, 0.25) is 5.78 Å². The van der Waals surface area contributed by atoms with Crippen molar-refractivity contribution in [3.8, 4) is 0 Å². The zero-order valence-electron chi connectivity index (χ0n) is 10.6. The summed E-state index contributed by atoms with van der Waals surface area (Å²) in [6, 6.07) is 5.77. The zero-order valence-corrected chi connectivity index (χ0v) is 11.4. The van der Waals surface area contributed by atoms with E-state index in [-0.39, 0.29) is 28.4 Å². The number of nitrogens with zero attached hydrogens (tertiary/aromatic N) is 2. The number of nitrogens with two attached hydrogens (primary N) is 1. The SMILES string of the molecule is Cc1cccnc1C(=O)c1cc(N)c(F)cc1N=C=S. The molecule has 1 aromatic carbocycles. The Morgan fingerprint density at radius 3 is 2.90 bits per heavy atom. The molecule has 0 aliphatic rings. The van der Waals surface area contributed by atoms with Gasteiger partial charge in [-0.3, -0.25) is 9.78 Å². The van der Waals surface area contributed by atoms with E-state index < -0.39 is 5.82 Å². The third-order valence-electron chi connectivity index (χ3n) is 2.75. The molecule has 1 heterocycles. The van der Waals surface area contributed by atoms with Crippen molar-refractivity contribution in [3.63, 3.8) is 0 Å². The highest BCUT2D eigenvalue weighted by Gasteiger charge is 2.18. The molecule has 0 saturated carbocycles. The van der Waals surface area contributed by atoms with Gasteiger partial charge < -0.3 is 5.73 Å². The fourth-order valence-electron chi connectivity index (χ4n) is 1.75. The molecule has 0 saturated heterocycles. The number of anilines is 1. The number of thiocarbonyl (C=S) groups is 1. The van der Waals surface area contributed by atoms with Crippen molar-refractivity contribution in [1.82, 2.24) is 4.98 Å². The highest BCUT2D eigenvalue weighted by molar-refractivity contribution is 7.78. The van der Waals surface area contributed by atoms with Crippen LogP contribution in [0.3, 0.4) is 0 Å². The van der Waals surface area contributed by atoms with Gasteiger partial charge in [-0.1, -0.05) is 6.07 Å². The summed E-state index contributed by atoms with van der Waals surface area (Å²) >= 11 is 4.50. The van der Waals surface area contributed by atoms with E-state index in [1.54, 1.807) is 19.1 Å². The molecular formula is C14H10FN3OS. The number of rotatable bonds is 3. The summed E-state index contributed by atoms with van der Waals surface area (Å²) in [5.41, 5.74) is 6.57. The molecule has 100 valence electrons. The summed E-state index contributed by atoms with van der Waals surface area (Å²) in [5, 5.41) is 2.12. The molecular weight excluding hydrogens is 277 g/mol. The van der Waals surface area contributed by atoms with Gasteiger partial charge >= 0.3 is 0 Å². The monoisotopic (exact) mass is 287 g/mol. The van der Waals surface area contributed by atoms with E-state index in [0.717, 1.165) is 6.07 Å². The van der Waals surface area contributed by atoms with Gasteiger partial charge in [0, 0.05) is 12.3 Å². The lowest BCUT2D eigenvalue weighted by Crippen LogP contribution is -2.08. The van der Waals surface area contributed by atoms with Crippen LogP contribution in [0.4, 0.5) is 15.8 Å². The predicted octanol–water partition coefficient (Wildman–Crippen LogP) is 3.08. The number of carbonyl (C=O) groups excluding carboxylic acids is 1. The molecule has 6 heteroatoms. The molecule has 0 fully saturated rings. The molecule has 2 aromatic rings. The zero-order chi connectivity index (χ0) is 14.7. The molecule has 0 unspecified atom stereocenters. The van der Waals surface area contributed by atoms with Crippen LogP contribution in [0.1, 0.15) is 21.6 Å². The van der Waals surface area contributed by atoms with E-state index in [1.165, 1.54) is 12.3 Å². The van der Waals surface area contributed by atoms with E-state index in [9.17, 15) is 9.18 Å². The largest absolute Gasteiger partial charge is 0.396 e. The number of pyridine rings is 1. The van der Waals surface area contributed by atoms with Crippen LogP contribution in [0.25, 0.3) is 0 Å². The van der Waals surface area contributed by atoms with E-state index >= 15 is 0 Å². The number of nitrogen functional groups attached to an aromatic ring is 1. The molecule has 0 spiro atoms. The Bertz CT molecular complexity index is 739. The maximum atomic E-state index is 13.5. The first-order chi connectivity index (χ1) is 9.54. The lowest BCUT2D eigenvalue weighted by Gasteiger charge is -2.07. The van der Waals surface area contributed by atoms with Crippen LogP contribution < -0.4 is 5.73 Å². The molecule has 0 radical (unpaired) electrons. The summed E-state index contributed by atoms with van der Waals surface area (Å²) in [6.45, 7) is 1.76. The van der Waals surface area contributed by atoms with Crippen molar-refractivity contribution in [1.29, 1.82) is 0 Å². The molecule has 0 bridgehead atoms. The number of aliphatic imine (C=N–C) groups is 1. The van der Waals surface area contributed by atoms with Crippen LogP contribution in [0.5, 0.6) is 0 Å². The van der Waals surface area contributed by atoms with Crippen LogP contribution in [0.2, 0.25) is 0 Å². The number of aromatic nitrogens is 1. The van der Waals surface area contributed by atoms with Crippen molar-refractivity contribution >= 4 is 34.5 Å². The highest BCUT2D eigenvalue weighted by Crippen LogP contribution is 2.27. The number of ketones is 1. The van der Waals surface area contributed by atoms with Gasteiger partial charge in [-0.25, -0.2) is 4.39 Å². The van der Waals surface area contributed by atoms with E-state index in [2.05, 4.69) is 27.4 Å². The van der Waals surface area contributed by atoms with Crippen molar-refractivity contribution in [3.05, 3.63) is 53.1 Å². The minimum atomic E-state index is -0.664. The Labute approximate surface area is 120 Å². The fraction of sp³-hybridized carbons (Fsp3) is 0.0714. The Morgan fingerprint density at radius 2 is 2.25 bits per heavy atom. The molecule has 0 aliphatic carbocycles. The Hall–Kier alpha value is -2.43.